The first-order valence-corrected chi connectivity index (χ1v) is 6.67. The van der Waals surface area contributed by atoms with E-state index in [0.717, 1.165) is 17.3 Å². The first-order chi connectivity index (χ1) is 6.38. The molecule has 0 amide bonds. The van der Waals surface area contributed by atoms with Gasteiger partial charge in [0.25, 0.3) is 0 Å². The van der Waals surface area contributed by atoms with E-state index in [9.17, 15) is 0 Å². The lowest BCUT2D eigenvalue weighted by Gasteiger charge is -2.36. The fraction of sp³-hybridized carbons (Fsp3) is 1.00. The highest BCUT2D eigenvalue weighted by molar-refractivity contribution is 7.99. The second-order valence-corrected chi connectivity index (χ2v) is 5.38. The van der Waals surface area contributed by atoms with Gasteiger partial charge in [-0.15, -0.1) is 0 Å². The van der Waals surface area contributed by atoms with Gasteiger partial charge in [0, 0.05) is 30.4 Å². The standard InChI is InChI=1S/C10H20N2S/c1-13-10-4-2-3-8(5-10)12-9-6-11-7-9/h8-12H,2-7H2,1H3. The van der Waals surface area contributed by atoms with Crippen LogP contribution in [0.25, 0.3) is 0 Å². The van der Waals surface area contributed by atoms with Crippen molar-refractivity contribution in [3.63, 3.8) is 0 Å². The van der Waals surface area contributed by atoms with Crippen LogP contribution in [0.4, 0.5) is 0 Å². The average molecular weight is 200 g/mol. The third-order valence-corrected chi connectivity index (χ3v) is 4.31. The quantitative estimate of drug-likeness (QED) is 0.716. The molecular formula is C10H20N2S. The molecular weight excluding hydrogens is 180 g/mol. The van der Waals surface area contributed by atoms with E-state index in [0.29, 0.717) is 0 Å². The van der Waals surface area contributed by atoms with Crippen LogP contribution < -0.4 is 10.6 Å². The average Bonchev–Trinajstić information content (AvgIpc) is 2.12. The minimum atomic E-state index is 0.769. The van der Waals surface area contributed by atoms with Gasteiger partial charge in [0.1, 0.15) is 0 Å². The molecule has 1 aliphatic carbocycles. The molecule has 2 fully saturated rings. The third-order valence-electron chi connectivity index (χ3n) is 3.21. The van der Waals surface area contributed by atoms with Gasteiger partial charge in [-0.05, 0) is 25.5 Å². The topological polar surface area (TPSA) is 24.1 Å². The van der Waals surface area contributed by atoms with Gasteiger partial charge in [0.05, 0.1) is 0 Å². The maximum absolute atomic E-state index is 3.74. The van der Waals surface area contributed by atoms with Crippen LogP contribution in [0, 0.1) is 0 Å². The van der Waals surface area contributed by atoms with Gasteiger partial charge in [-0.25, -0.2) is 0 Å². The lowest BCUT2D eigenvalue weighted by atomic mass is 9.94. The van der Waals surface area contributed by atoms with Crippen molar-refractivity contribution in [2.45, 2.75) is 43.0 Å². The maximum Gasteiger partial charge on any atom is 0.0319 e. The smallest absolute Gasteiger partial charge is 0.0319 e. The molecule has 0 aromatic rings. The summed E-state index contributed by atoms with van der Waals surface area (Å²) in [6, 6.07) is 1.57. The maximum atomic E-state index is 3.74. The second kappa shape index (κ2) is 4.67. The van der Waals surface area contributed by atoms with Gasteiger partial charge in [0.15, 0.2) is 0 Å². The summed E-state index contributed by atoms with van der Waals surface area (Å²) in [5.41, 5.74) is 0. The lowest BCUT2D eigenvalue weighted by molar-refractivity contribution is 0.286. The SMILES string of the molecule is CSC1CCCC(NC2CNC2)C1. The van der Waals surface area contributed by atoms with Crippen molar-refractivity contribution in [1.29, 1.82) is 0 Å². The van der Waals surface area contributed by atoms with Crippen molar-refractivity contribution in [2.24, 2.45) is 0 Å². The van der Waals surface area contributed by atoms with Crippen LogP contribution in [0.5, 0.6) is 0 Å². The summed E-state index contributed by atoms with van der Waals surface area (Å²) >= 11 is 2.05. The molecule has 76 valence electrons. The van der Waals surface area contributed by atoms with E-state index in [1.54, 1.807) is 0 Å². The Bertz CT molecular complexity index is 157. The molecule has 2 rings (SSSR count). The molecule has 2 nitrogen and oxygen atoms in total. The Balaban J connectivity index is 1.71. The highest BCUT2D eigenvalue weighted by Crippen LogP contribution is 2.27. The Morgan fingerprint density at radius 2 is 2.08 bits per heavy atom. The predicted octanol–water partition coefficient (Wildman–Crippen LogP) is 1.22. The van der Waals surface area contributed by atoms with Crippen molar-refractivity contribution in [1.82, 2.24) is 10.6 Å². The van der Waals surface area contributed by atoms with Gasteiger partial charge in [-0.2, -0.15) is 11.8 Å². The number of hydrogen-bond acceptors (Lipinski definition) is 3. The molecule has 2 N–H and O–H groups in total. The summed E-state index contributed by atoms with van der Waals surface area (Å²) in [6.07, 6.45) is 7.88. The third kappa shape index (κ3) is 2.61. The molecule has 2 unspecified atom stereocenters. The second-order valence-electron chi connectivity index (χ2n) is 4.24. The first kappa shape index (κ1) is 9.81. The molecule has 2 aliphatic rings. The molecule has 1 saturated heterocycles. The van der Waals surface area contributed by atoms with Crippen molar-refractivity contribution >= 4 is 11.8 Å². The minimum absolute atomic E-state index is 0.769. The molecule has 13 heavy (non-hydrogen) atoms. The van der Waals surface area contributed by atoms with E-state index in [1.165, 1.54) is 38.8 Å². The fourth-order valence-electron chi connectivity index (χ4n) is 2.25. The van der Waals surface area contributed by atoms with Crippen molar-refractivity contribution < 1.29 is 0 Å². The monoisotopic (exact) mass is 200 g/mol. The van der Waals surface area contributed by atoms with E-state index in [-0.39, 0.29) is 0 Å². The van der Waals surface area contributed by atoms with Crippen molar-refractivity contribution in [3.8, 4) is 0 Å². The van der Waals surface area contributed by atoms with Crippen LogP contribution >= 0.6 is 11.8 Å². The van der Waals surface area contributed by atoms with E-state index >= 15 is 0 Å². The van der Waals surface area contributed by atoms with Crippen LogP contribution in [0.15, 0.2) is 0 Å². The molecule has 0 aromatic heterocycles. The first-order valence-electron chi connectivity index (χ1n) is 5.38. The summed E-state index contributed by atoms with van der Waals surface area (Å²) < 4.78 is 0. The molecule has 1 saturated carbocycles. The zero-order valence-electron chi connectivity index (χ0n) is 8.38. The van der Waals surface area contributed by atoms with Crippen LogP contribution in [-0.2, 0) is 0 Å². The van der Waals surface area contributed by atoms with E-state index in [2.05, 4.69) is 16.9 Å². The lowest BCUT2D eigenvalue weighted by Crippen LogP contribution is -2.58. The minimum Gasteiger partial charge on any atom is -0.314 e. The van der Waals surface area contributed by atoms with Gasteiger partial charge in [0.2, 0.25) is 0 Å². The normalized spacial score (nSPS) is 35.8. The molecule has 1 aliphatic heterocycles. The van der Waals surface area contributed by atoms with Crippen LogP contribution in [0.2, 0.25) is 0 Å². The van der Waals surface area contributed by atoms with E-state index < -0.39 is 0 Å². The number of hydrogen-bond donors (Lipinski definition) is 2. The largest absolute Gasteiger partial charge is 0.314 e. The molecule has 1 heterocycles. The number of rotatable bonds is 3. The van der Waals surface area contributed by atoms with Gasteiger partial charge < -0.3 is 10.6 Å². The van der Waals surface area contributed by atoms with Gasteiger partial charge >= 0.3 is 0 Å². The molecule has 0 radical (unpaired) electrons. The Kier molecular flexibility index (Phi) is 3.52. The predicted molar refractivity (Wildman–Crippen MR) is 59.4 cm³/mol. The summed E-state index contributed by atoms with van der Waals surface area (Å²) in [4.78, 5) is 0. The molecule has 0 spiro atoms. The van der Waals surface area contributed by atoms with Crippen LogP contribution in [0.3, 0.4) is 0 Å². The Labute approximate surface area is 85.2 Å². The van der Waals surface area contributed by atoms with Crippen molar-refractivity contribution in [2.75, 3.05) is 19.3 Å². The van der Waals surface area contributed by atoms with E-state index in [1.807, 2.05) is 11.8 Å². The summed E-state index contributed by atoms with van der Waals surface area (Å²) in [7, 11) is 0. The zero-order chi connectivity index (χ0) is 9.10. The van der Waals surface area contributed by atoms with Gasteiger partial charge in [-0.3, -0.25) is 0 Å². The Morgan fingerprint density at radius 1 is 1.23 bits per heavy atom. The van der Waals surface area contributed by atoms with Crippen molar-refractivity contribution in [3.05, 3.63) is 0 Å². The number of thioether (sulfide) groups is 1. The zero-order valence-corrected chi connectivity index (χ0v) is 9.20. The molecule has 0 aromatic carbocycles. The Morgan fingerprint density at radius 3 is 2.69 bits per heavy atom. The van der Waals surface area contributed by atoms with Crippen LogP contribution in [-0.4, -0.2) is 36.7 Å². The molecule has 0 bridgehead atoms. The van der Waals surface area contributed by atoms with Crippen LogP contribution in [0.1, 0.15) is 25.7 Å². The molecule has 2 atom stereocenters. The summed E-state index contributed by atoms with van der Waals surface area (Å²) in [5.74, 6) is 0. The number of nitrogens with one attached hydrogen (secondary N) is 2. The Hall–Kier alpha value is 0.270. The molecule has 3 heteroatoms. The highest BCUT2D eigenvalue weighted by atomic mass is 32.2. The fourth-order valence-corrected chi connectivity index (χ4v) is 3.08. The van der Waals surface area contributed by atoms with E-state index in [4.69, 9.17) is 0 Å². The van der Waals surface area contributed by atoms with Gasteiger partial charge in [-0.1, -0.05) is 6.42 Å². The summed E-state index contributed by atoms with van der Waals surface area (Å²) in [6.45, 7) is 2.36. The summed E-state index contributed by atoms with van der Waals surface area (Å²) in [5, 5.41) is 7.97. The highest BCUT2D eigenvalue weighted by Gasteiger charge is 2.25.